The van der Waals surface area contributed by atoms with Crippen LogP contribution in [-0.2, 0) is 0 Å². The molecule has 1 saturated heterocycles. The smallest absolute Gasteiger partial charge is 0.272 e. The van der Waals surface area contributed by atoms with Crippen molar-refractivity contribution in [2.75, 3.05) is 6.54 Å². The largest absolute Gasteiger partial charge is 0.388 e. The molecule has 1 aliphatic heterocycles. The van der Waals surface area contributed by atoms with Crippen LogP contribution in [-0.4, -0.2) is 44.3 Å². The number of aromatic amines is 1. The zero-order valence-corrected chi connectivity index (χ0v) is 14.0. The van der Waals surface area contributed by atoms with Crippen molar-refractivity contribution in [1.29, 1.82) is 0 Å². The summed E-state index contributed by atoms with van der Waals surface area (Å²) in [6.07, 6.45) is 1.70. The van der Waals surface area contributed by atoms with Crippen LogP contribution in [0.1, 0.15) is 37.2 Å². The van der Waals surface area contributed by atoms with Crippen LogP contribution < -0.4 is 0 Å². The highest BCUT2D eigenvalue weighted by atomic mass is 35.5. The molecule has 2 aromatic rings. The number of halogens is 1. The average Bonchev–Trinajstić information content (AvgIpc) is 3.16. The van der Waals surface area contributed by atoms with E-state index in [1.165, 1.54) is 0 Å². The Kier molecular flexibility index (Phi) is 4.17. The molecular weight excluding hydrogens is 314 g/mol. The molecule has 1 aromatic carbocycles. The number of nitrogens with zero attached hydrogens (tertiary/aromatic N) is 2. The Morgan fingerprint density at radius 2 is 2.17 bits per heavy atom. The fraction of sp³-hybridized carbons (Fsp3) is 0.412. The zero-order valence-electron chi connectivity index (χ0n) is 13.2. The molecule has 1 atom stereocenters. The molecule has 122 valence electrons. The first-order chi connectivity index (χ1) is 10.9. The van der Waals surface area contributed by atoms with Crippen LogP contribution in [0.4, 0.5) is 0 Å². The Bertz CT molecular complexity index is 721. The summed E-state index contributed by atoms with van der Waals surface area (Å²) in [5, 5.41) is 17.9. The lowest BCUT2D eigenvalue weighted by molar-refractivity contribution is 0.000118. The number of benzene rings is 1. The van der Waals surface area contributed by atoms with E-state index in [2.05, 4.69) is 10.2 Å². The SMILES string of the molecule is CC(C)(O)C1CCCN1C(=O)c1cc(-c2ccccc2Cl)n[nH]1. The van der Waals surface area contributed by atoms with Gasteiger partial charge in [0.15, 0.2) is 0 Å². The number of rotatable bonds is 3. The summed E-state index contributed by atoms with van der Waals surface area (Å²) in [7, 11) is 0. The number of aliphatic hydroxyl groups is 1. The Morgan fingerprint density at radius 1 is 1.43 bits per heavy atom. The lowest BCUT2D eigenvalue weighted by atomic mass is 9.96. The monoisotopic (exact) mass is 333 g/mol. The molecular formula is C17H20ClN3O2. The second-order valence-corrected chi connectivity index (χ2v) is 6.86. The standard InChI is InChI=1S/C17H20ClN3O2/c1-17(2,23)15-8-5-9-21(15)16(22)14-10-13(19-20-14)11-6-3-4-7-12(11)18/h3-4,6-7,10,15,23H,5,8-9H2,1-2H3,(H,19,20). The van der Waals surface area contributed by atoms with Crippen molar-refractivity contribution < 1.29 is 9.90 Å². The number of nitrogens with one attached hydrogen (secondary N) is 1. The number of likely N-dealkylation sites (tertiary alicyclic amines) is 1. The summed E-state index contributed by atoms with van der Waals surface area (Å²) in [6, 6.07) is 8.91. The number of amides is 1. The maximum atomic E-state index is 12.7. The van der Waals surface area contributed by atoms with E-state index in [0.717, 1.165) is 18.4 Å². The molecule has 1 unspecified atom stereocenters. The minimum Gasteiger partial charge on any atom is -0.388 e. The molecule has 5 nitrogen and oxygen atoms in total. The minimum atomic E-state index is -0.919. The van der Waals surface area contributed by atoms with Gasteiger partial charge < -0.3 is 10.0 Å². The van der Waals surface area contributed by atoms with Gasteiger partial charge >= 0.3 is 0 Å². The first-order valence-electron chi connectivity index (χ1n) is 7.71. The Hall–Kier alpha value is -1.85. The topological polar surface area (TPSA) is 69.2 Å². The first kappa shape index (κ1) is 16.0. The molecule has 2 heterocycles. The lowest BCUT2D eigenvalue weighted by Crippen LogP contribution is -2.48. The first-order valence-corrected chi connectivity index (χ1v) is 8.09. The highest BCUT2D eigenvalue weighted by Gasteiger charge is 2.39. The van der Waals surface area contributed by atoms with E-state index in [0.29, 0.717) is 23.0 Å². The number of hydrogen-bond acceptors (Lipinski definition) is 3. The molecule has 0 spiro atoms. The molecule has 23 heavy (non-hydrogen) atoms. The maximum Gasteiger partial charge on any atom is 0.272 e. The van der Waals surface area contributed by atoms with Crippen LogP contribution in [0.25, 0.3) is 11.3 Å². The van der Waals surface area contributed by atoms with Crippen molar-refractivity contribution >= 4 is 17.5 Å². The van der Waals surface area contributed by atoms with Gasteiger partial charge in [0.2, 0.25) is 0 Å². The Balaban J connectivity index is 1.86. The summed E-state index contributed by atoms with van der Waals surface area (Å²) in [6.45, 7) is 4.13. The predicted molar refractivity (Wildman–Crippen MR) is 89.4 cm³/mol. The summed E-state index contributed by atoms with van der Waals surface area (Å²) in [5.41, 5.74) is 0.913. The van der Waals surface area contributed by atoms with Crippen LogP contribution in [0.2, 0.25) is 5.02 Å². The minimum absolute atomic E-state index is 0.138. The number of H-pyrrole nitrogens is 1. The van der Waals surface area contributed by atoms with Crippen molar-refractivity contribution in [2.24, 2.45) is 0 Å². The summed E-state index contributed by atoms with van der Waals surface area (Å²) in [5.74, 6) is -0.138. The fourth-order valence-electron chi connectivity index (χ4n) is 3.14. The molecule has 1 amide bonds. The number of aromatic nitrogens is 2. The van der Waals surface area contributed by atoms with Gasteiger partial charge in [0.05, 0.1) is 22.4 Å². The molecule has 1 fully saturated rings. The van der Waals surface area contributed by atoms with Gasteiger partial charge in [-0.05, 0) is 38.8 Å². The second kappa shape index (κ2) is 5.98. The average molecular weight is 334 g/mol. The van der Waals surface area contributed by atoms with Gasteiger partial charge in [-0.15, -0.1) is 0 Å². The maximum absolute atomic E-state index is 12.7. The summed E-state index contributed by atoms with van der Waals surface area (Å²) in [4.78, 5) is 14.5. The van der Waals surface area contributed by atoms with E-state index in [1.807, 2.05) is 18.2 Å². The molecule has 1 aromatic heterocycles. The van der Waals surface area contributed by atoms with Gasteiger partial charge in [-0.1, -0.05) is 29.8 Å². The number of carbonyl (C=O) groups excluding carboxylic acids is 1. The van der Waals surface area contributed by atoms with E-state index in [-0.39, 0.29) is 11.9 Å². The van der Waals surface area contributed by atoms with Crippen molar-refractivity contribution in [3.63, 3.8) is 0 Å². The zero-order chi connectivity index (χ0) is 16.6. The van der Waals surface area contributed by atoms with Gasteiger partial charge in [0.25, 0.3) is 5.91 Å². The van der Waals surface area contributed by atoms with Crippen molar-refractivity contribution in [2.45, 2.75) is 38.3 Å². The van der Waals surface area contributed by atoms with Gasteiger partial charge in [0, 0.05) is 12.1 Å². The quantitative estimate of drug-likeness (QED) is 0.906. The van der Waals surface area contributed by atoms with Gasteiger partial charge in [-0.2, -0.15) is 5.10 Å². The molecule has 3 rings (SSSR count). The Labute approximate surface area is 140 Å². The van der Waals surface area contributed by atoms with E-state index >= 15 is 0 Å². The molecule has 1 aliphatic rings. The van der Waals surface area contributed by atoms with Crippen LogP contribution in [0.15, 0.2) is 30.3 Å². The van der Waals surface area contributed by atoms with E-state index in [1.54, 1.807) is 30.9 Å². The highest BCUT2D eigenvalue weighted by Crippen LogP contribution is 2.30. The highest BCUT2D eigenvalue weighted by molar-refractivity contribution is 6.33. The van der Waals surface area contributed by atoms with Crippen LogP contribution in [0, 0.1) is 0 Å². The molecule has 6 heteroatoms. The number of carbonyl (C=O) groups is 1. The normalized spacial score (nSPS) is 18.4. The summed E-state index contributed by atoms with van der Waals surface area (Å²) < 4.78 is 0. The third-order valence-electron chi connectivity index (χ3n) is 4.29. The Morgan fingerprint density at radius 3 is 2.87 bits per heavy atom. The van der Waals surface area contributed by atoms with Crippen LogP contribution in [0.3, 0.4) is 0 Å². The van der Waals surface area contributed by atoms with E-state index < -0.39 is 5.60 Å². The molecule has 0 bridgehead atoms. The van der Waals surface area contributed by atoms with Crippen molar-refractivity contribution in [3.8, 4) is 11.3 Å². The lowest BCUT2D eigenvalue weighted by Gasteiger charge is -2.33. The van der Waals surface area contributed by atoms with Crippen LogP contribution in [0.5, 0.6) is 0 Å². The third-order valence-corrected chi connectivity index (χ3v) is 4.62. The van der Waals surface area contributed by atoms with Gasteiger partial charge in [-0.3, -0.25) is 9.89 Å². The van der Waals surface area contributed by atoms with Crippen LogP contribution >= 0.6 is 11.6 Å². The second-order valence-electron chi connectivity index (χ2n) is 6.46. The third kappa shape index (κ3) is 3.12. The summed E-state index contributed by atoms with van der Waals surface area (Å²) >= 11 is 6.18. The van der Waals surface area contributed by atoms with Gasteiger partial charge in [0.1, 0.15) is 5.69 Å². The molecule has 0 saturated carbocycles. The predicted octanol–water partition coefficient (Wildman–Crippen LogP) is 3.11. The van der Waals surface area contributed by atoms with E-state index in [9.17, 15) is 9.90 Å². The number of hydrogen-bond donors (Lipinski definition) is 2. The van der Waals surface area contributed by atoms with Crippen molar-refractivity contribution in [3.05, 3.63) is 41.0 Å². The molecule has 2 N–H and O–H groups in total. The molecule has 0 radical (unpaired) electrons. The van der Waals surface area contributed by atoms with Crippen molar-refractivity contribution in [1.82, 2.24) is 15.1 Å². The van der Waals surface area contributed by atoms with Gasteiger partial charge in [-0.25, -0.2) is 0 Å². The fourth-order valence-corrected chi connectivity index (χ4v) is 3.37. The van der Waals surface area contributed by atoms with E-state index in [4.69, 9.17) is 11.6 Å². The molecule has 0 aliphatic carbocycles.